The Hall–Kier alpha value is -2.91. The topological polar surface area (TPSA) is 95.9 Å². The van der Waals surface area contributed by atoms with Crippen LogP contribution in [-0.2, 0) is 10.0 Å². The second-order valence-corrected chi connectivity index (χ2v) is 10.8. The molecule has 2 aromatic carbocycles. The van der Waals surface area contributed by atoms with E-state index in [0.717, 1.165) is 38.1 Å². The number of halogens is 1. The van der Waals surface area contributed by atoms with Crippen molar-refractivity contribution < 1.29 is 27.4 Å². The summed E-state index contributed by atoms with van der Waals surface area (Å²) >= 11 is 0. The summed E-state index contributed by atoms with van der Waals surface area (Å²) in [5.74, 6) is -1.57. The number of carboxylic acid groups (broad SMARTS) is 1. The fourth-order valence-corrected chi connectivity index (χ4v) is 5.48. The highest BCUT2D eigenvalue weighted by molar-refractivity contribution is 7.92. The molecule has 2 N–H and O–H groups in total. The van der Waals surface area contributed by atoms with E-state index in [-0.39, 0.29) is 39.3 Å². The van der Waals surface area contributed by atoms with Crippen LogP contribution in [0, 0.1) is 11.7 Å². The van der Waals surface area contributed by atoms with Gasteiger partial charge >= 0.3 is 5.97 Å². The van der Waals surface area contributed by atoms with Crippen LogP contribution < -0.4 is 9.46 Å². The quantitative estimate of drug-likeness (QED) is 0.462. The number of rotatable bonds is 10. The number of ether oxygens (including phenoxy) is 1. The van der Waals surface area contributed by atoms with Gasteiger partial charge in [0.05, 0.1) is 17.7 Å². The zero-order chi connectivity index (χ0) is 25.8. The van der Waals surface area contributed by atoms with E-state index in [2.05, 4.69) is 9.62 Å². The Bertz CT molecular complexity index is 1200. The van der Waals surface area contributed by atoms with E-state index in [1.54, 1.807) is 12.1 Å². The summed E-state index contributed by atoms with van der Waals surface area (Å²) in [4.78, 5) is 14.2. The summed E-state index contributed by atoms with van der Waals surface area (Å²) in [7, 11) is -2.88. The van der Waals surface area contributed by atoms with Gasteiger partial charge in [0.1, 0.15) is 17.1 Å². The molecule has 0 aliphatic carbocycles. The normalized spacial score (nSPS) is 15.6. The van der Waals surface area contributed by atoms with Crippen LogP contribution in [0.15, 0.2) is 41.3 Å². The van der Waals surface area contributed by atoms with E-state index in [1.807, 2.05) is 26.8 Å². The third-order valence-corrected chi connectivity index (χ3v) is 7.90. The van der Waals surface area contributed by atoms with Gasteiger partial charge in [-0.25, -0.2) is 17.6 Å². The Morgan fingerprint density at radius 2 is 1.89 bits per heavy atom. The van der Waals surface area contributed by atoms with E-state index in [4.69, 9.17) is 4.74 Å². The van der Waals surface area contributed by atoms with Crippen molar-refractivity contribution in [3.8, 4) is 5.75 Å². The predicted molar refractivity (Wildman–Crippen MR) is 135 cm³/mol. The monoisotopic (exact) mass is 504 g/mol. The lowest BCUT2D eigenvalue weighted by Crippen LogP contribution is -2.19. The Balaban J connectivity index is 2.00. The van der Waals surface area contributed by atoms with Crippen molar-refractivity contribution in [2.24, 2.45) is 5.92 Å². The number of anilines is 1. The summed E-state index contributed by atoms with van der Waals surface area (Å²) in [6, 6.07) is 6.51. The van der Waals surface area contributed by atoms with Crippen LogP contribution in [-0.4, -0.2) is 51.1 Å². The van der Waals surface area contributed by atoms with E-state index in [0.29, 0.717) is 12.1 Å². The highest BCUT2D eigenvalue weighted by atomic mass is 32.2. The molecule has 35 heavy (non-hydrogen) atoms. The highest BCUT2D eigenvalue weighted by Crippen LogP contribution is 2.38. The van der Waals surface area contributed by atoms with Crippen molar-refractivity contribution in [2.75, 3.05) is 31.5 Å². The molecule has 9 heteroatoms. The zero-order valence-corrected chi connectivity index (χ0v) is 21.4. The molecule has 1 heterocycles. The van der Waals surface area contributed by atoms with Gasteiger partial charge in [-0.05, 0) is 73.2 Å². The Labute approximate surface area is 206 Å². The summed E-state index contributed by atoms with van der Waals surface area (Å²) < 4.78 is 48.5. The minimum Gasteiger partial charge on any atom is -0.495 e. The maximum Gasteiger partial charge on any atom is 0.341 e. The molecule has 1 fully saturated rings. The summed E-state index contributed by atoms with van der Waals surface area (Å²) in [6.45, 7) is 8.57. The second kappa shape index (κ2) is 11.2. The molecular weight excluding hydrogens is 471 g/mol. The van der Waals surface area contributed by atoms with E-state index < -0.39 is 21.8 Å². The zero-order valence-electron chi connectivity index (χ0n) is 20.5. The van der Waals surface area contributed by atoms with Crippen molar-refractivity contribution in [3.63, 3.8) is 0 Å². The van der Waals surface area contributed by atoms with Gasteiger partial charge in [0, 0.05) is 6.54 Å². The molecule has 1 unspecified atom stereocenters. The molecule has 1 aliphatic heterocycles. The maximum absolute atomic E-state index is 14.0. The standard InChI is InChI=1S/C26H33FN2O5S/c1-17(2)18(3)21-10-11-22(24(26(30)31)25(21)34-4)28-35(32,33)23-12-9-20(27)16-19(23)8-7-15-29-13-5-6-14-29/h7-12,16-18,28H,5-6,13-15H2,1-4H3,(H,30,31)/b8-7-. The average molecular weight is 505 g/mol. The number of nitrogens with one attached hydrogen (secondary N) is 1. The molecule has 190 valence electrons. The van der Waals surface area contributed by atoms with Crippen LogP contribution >= 0.6 is 0 Å². The van der Waals surface area contributed by atoms with Crippen molar-refractivity contribution in [2.45, 2.75) is 44.4 Å². The molecule has 2 aromatic rings. The molecule has 1 saturated heterocycles. The summed E-state index contributed by atoms with van der Waals surface area (Å²) in [5.41, 5.74) is 0.473. The van der Waals surface area contributed by atoms with Crippen LogP contribution in [0.3, 0.4) is 0 Å². The fourth-order valence-electron chi connectivity index (χ4n) is 4.22. The smallest absolute Gasteiger partial charge is 0.341 e. The average Bonchev–Trinajstić information content (AvgIpc) is 3.31. The van der Waals surface area contributed by atoms with E-state index in [1.165, 1.54) is 19.2 Å². The number of likely N-dealkylation sites (tertiary alicyclic amines) is 1. The number of nitrogens with zero attached hydrogens (tertiary/aromatic N) is 1. The van der Waals surface area contributed by atoms with Gasteiger partial charge in [-0.3, -0.25) is 9.62 Å². The SMILES string of the molecule is COc1c(C(C)C(C)C)ccc(NS(=O)(=O)c2ccc(F)cc2/C=C\CN2CCCC2)c1C(=O)O. The van der Waals surface area contributed by atoms with E-state index >= 15 is 0 Å². The number of sulfonamides is 1. The Kier molecular flexibility index (Phi) is 8.56. The number of carbonyl (C=O) groups is 1. The second-order valence-electron chi connectivity index (χ2n) is 9.15. The van der Waals surface area contributed by atoms with Gasteiger partial charge in [-0.1, -0.05) is 39.0 Å². The molecule has 0 radical (unpaired) electrons. The molecule has 0 amide bonds. The van der Waals surface area contributed by atoms with Crippen molar-refractivity contribution >= 4 is 27.8 Å². The lowest BCUT2D eigenvalue weighted by atomic mass is 9.88. The first kappa shape index (κ1) is 26.7. The van der Waals surface area contributed by atoms with Gasteiger partial charge in [-0.2, -0.15) is 0 Å². The minimum atomic E-state index is -4.24. The number of carboxylic acids is 1. The summed E-state index contributed by atoms with van der Waals surface area (Å²) in [6.07, 6.45) is 5.65. The van der Waals surface area contributed by atoms with Gasteiger partial charge in [0.15, 0.2) is 0 Å². The highest BCUT2D eigenvalue weighted by Gasteiger charge is 2.27. The predicted octanol–water partition coefficient (Wildman–Crippen LogP) is 5.20. The van der Waals surface area contributed by atoms with Gasteiger partial charge < -0.3 is 9.84 Å². The fraction of sp³-hybridized carbons (Fsp3) is 0.423. The van der Waals surface area contributed by atoms with Crippen LogP contribution in [0.25, 0.3) is 6.08 Å². The number of hydrogen-bond acceptors (Lipinski definition) is 5. The third-order valence-electron chi connectivity index (χ3n) is 6.46. The molecule has 1 aliphatic rings. The Morgan fingerprint density at radius 3 is 2.49 bits per heavy atom. The number of aromatic carboxylic acids is 1. The number of benzene rings is 2. The lowest BCUT2D eigenvalue weighted by Gasteiger charge is -2.22. The first-order valence-corrected chi connectivity index (χ1v) is 13.2. The summed E-state index contributed by atoms with van der Waals surface area (Å²) in [5, 5.41) is 9.92. The maximum atomic E-state index is 14.0. The molecular formula is C26H33FN2O5S. The van der Waals surface area contributed by atoms with Gasteiger partial charge in [0.2, 0.25) is 0 Å². The Morgan fingerprint density at radius 1 is 1.20 bits per heavy atom. The first-order chi connectivity index (χ1) is 16.5. The minimum absolute atomic E-state index is 0.0156. The van der Waals surface area contributed by atoms with Crippen molar-refractivity contribution in [1.82, 2.24) is 4.90 Å². The third kappa shape index (κ3) is 6.21. The van der Waals surface area contributed by atoms with Crippen molar-refractivity contribution in [1.29, 1.82) is 0 Å². The molecule has 0 spiro atoms. The van der Waals surface area contributed by atoms with Gasteiger partial charge in [-0.15, -0.1) is 0 Å². The largest absolute Gasteiger partial charge is 0.495 e. The van der Waals surface area contributed by atoms with Crippen LogP contribution in [0.5, 0.6) is 5.75 Å². The van der Waals surface area contributed by atoms with E-state index in [9.17, 15) is 22.7 Å². The van der Waals surface area contributed by atoms with Gasteiger partial charge in [0.25, 0.3) is 10.0 Å². The van der Waals surface area contributed by atoms with Crippen molar-refractivity contribution in [3.05, 3.63) is 58.9 Å². The first-order valence-electron chi connectivity index (χ1n) is 11.7. The molecule has 0 aromatic heterocycles. The number of methoxy groups -OCH3 is 1. The van der Waals surface area contributed by atoms with Crippen LogP contribution in [0.2, 0.25) is 0 Å². The van der Waals surface area contributed by atoms with Crippen LogP contribution in [0.4, 0.5) is 10.1 Å². The lowest BCUT2D eigenvalue weighted by molar-refractivity contribution is 0.0694. The molecule has 0 bridgehead atoms. The number of hydrogen-bond donors (Lipinski definition) is 2. The molecule has 1 atom stereocenters. The van der Waals surface area contributed by atoms with Crippen LogP contribution in [0.1, 0.15) is 61.0 Å². The molecule has 3 rings (SSSR count). The molecule has 7 nitrogen and oxygen atoms in total. The molecule has 0 saturated carbocycles.